The summed E-state index contributed by atoms with van der Waals surface area (Å²) in [5, 5.41) is 7.90. The molecule has 0 aliphatic rings. The van der Waals surface area contributed by atoms with Crippen molar-refractivity contribution in [1.29, 1.82) is 0 Å². The zero-order valence-electron chi connectivity index (χ0n) is 14.0. The van der Waals surface area contributed by atoms with E-state index in [2.05, 4.69) is 5.32 Å². The van der Waals surface area contributed by atoms with E-state index in [1.165, 1.54) is 25.3 Å². The second-order valence-electron chi connectivity index (χ2n) is 5.26. The van der Waals surface area contributed by atoms with E-state index < -0.39 is 10.0 Å². The fourth-order valence-electron chi connectivity index (χ4n) is 2.25. The molecule has 25 heavy (non-hydrogen) atoms. The lowest BCUT2D eigenvalue weighted by molar-refractivity contribution is 0.0954. The molecule has 2 rings (SSSR count). The topological polar surface area (TPSA) is 108 Å². The van der Waals surface area contributed by atoms with Gasteiger partial charge in [0.1, 0.15) is 16.4 Å². The molecule has 0 unspecified atom stereocenters. The van der Waals surface area contributed by atoms with Gasteiger partial charge in [-0.3, -0.25) is 4.79 Å². The number of primary sulfonamides is 1. The van der Waals surface area contributed by atoms with Crippen molar-refractivity contribution in [3.05, 3.63) is 53.6 Å². The summed E-state index contributed by atoms with van der Waals surface area (Å²) in [6, 6.07) is 11.6. The number of hydrogen-bond donors (Lipinski definition) is 2. The van der Waals surface area contributed by atoms with E-state index in [0.29, 0.717) is 13.0 Å². The molecule has 0 aromatic heterocycles. The molecule has 0 heterocycles. The molecule has 0 bridgehead atoms. The number of rotatable bonds is 7. The Morgan fingerprint density at radius 1 is 1.08 bits per heavy atom. The number of ether oxygens (including phenoxy) is 2. The van der Waals surface area contributed by atoms with Gasteiger partial charge in [0.05, 0.1) is 14.2 Å². The Balaban J connectivity index is 2.03. The number of sulfonamides is 1. The monoisotopic (exact) mass is 364 g/mol. The molecule has 0 saturated carbocycles. The molecule has 1 amide bonds. The van der Waals surface area contributed by atoms with E-state index in [1.807, 2.05) is 24.3 Å². The number of amides is 1. The first kappa shape index (κ1) is 18.8. The molecule has 8 heteroatoms. The molecular formula is C17H20N2O5S. The van der Waals surface area contributed by atoms with Gasteiger partial charge in [0.2, 0.25) is 10.0 Å². The van der Waals surface area contributed by atoms with E-state index in [4.69, 9.17) is 14.6 Å². The van der Waals surface area contributed by atoms with Crippen molar-refractivity contribution in [2.75, 3.05) is 20.8 Å². The van der Waals surface area contributed by atoms with Crippen LogP contribution in [-0.2, 0) is 16.4 Å². The SMILES string of the molecule is COc1ccc(CCNC(=O)c2ccc(OC)c(S(N)(=O)=O)c2)cc1. The van der Waals surface area contributed by atoms with Gasteiger partial charge >= 0.3 is 0 Å². The average molecular weight is 364 g/mol. The van der Waals surface area contributed by atoms with Crippen molar-refractivity contribution < 1.29 is 22.7 Å². The van der Waals surface area contributed by atoms with Crippen LogP contribution in [0, 0.1) is 0 Å². The summed E-state index contributed by atoms with van der Waals surface area (Å²) < 4.78 is 33.2. The molecule has 134 valence electrons. The first-order chi connectivity index (χ1) is 11.8. The Morgan fingerprint density at radius 3 is 2.32 bits per heavy atom. The molecule has 0 aliphatic heterocycles. The normalized spacial score (nSPS) is 11.0. The van der Waals surface area contributed by atoms with E-state index in [9.17, 15) is 13.2 Å². The maximum Gasteiger partial charge on any atom is 0.251 e. The number of methoxy groups -OCH3 is 2. The lowest BCUT2D eigenvalue weighted by atomic mass is 10.1. The van der Waals surface area contributed by atoms with Crippen LogP contribution in [0.5, 0.6) is 11.5 Å². The Labute approximate surface area is 146 Å². The van der Waals surface area contributed by atoms with Gasteiger partial charge in [0.15, 0.2) is 0 Å². The standard InChI is InChI=1S/C17H20N2O5S/c1-23-14-6-3-12(4-7-14)9-10-19-17(20)13-5-8-15(24-2)16(11-13)25(18,21)22/h3-8,11H,9-10H2,1-2H3,(H,19,20)(H2,18,21,22). The second kappa shape index (κ2) is 8.00. The molecular weight excluding hydrogens is 344 g/mol. The third kappa shape index (κ3) is 4.94. The minimum absolute atomic E-state index is 0.0947. The summed E-state index contributed by atoms with van der Waals surface area (Å²) in [7, 11) is -1.06. The molecule has 0 saturated heterocycles. The smallest absolute Gasteiger partial charge is 0.251 e. The molecule has 0 spiro atoms. The molecule has 7 nitrogen and oxygen atoms in total. The largest absolute Gasteiger partial charge is 0.497 e. The third-order valence-corrected chi connectivity index (χ3v) is 4.52. The highest BCUT2D eigenvalue weighted by Crippen LogP contribution is 2.23. The second-order valence-corrected chi connectivity index (χ2v) is 6.79. The minimum atomic E-state index is -3.99. The van der Waals surface area contributed by atoms with E-state index >= 15 is 0 Å². The van der Waals surface area contributed by atoms with Gasteiger partial charge in [-0.25, -0.2) is 13.6 Å². The number of nitrogens with two attached hydrogens (primary N) is 1. The van der Waals surface area contributed by atoms with Crippen LogP contribution >= 0.6 is 0 Å². The maximum atomic E-state index is 12.2. The molecule has 2 aromatic rings. The maximum absolute atomic E-state index is 12.2. The number of carbonyl (C=O) groups is 1. The number of nitrogens with one attached hydrogen (secondary N) is 1. The molecule has 0 aliphatic carbocycles. The first-order valence-electron chi connectivity index (χ1n) is 7.47. The number of hydrogen-bond acceptors (Lipinski definition) is 5. The lowest BCUT2D eigenvalue weighted by Gasteiger charge is -2.10. The molecule has 0 fully saturated rings. The highest BCUT2D eigenvalue weighted by Gasteiger charge is 2.17. The summed E-state index contributed by atoms with van der Waals surface area (Å²) in [5.41, 5.74) is 1.24. The van der Waals surface area contributed by atoms with Crippen molar-refractivity contribution in [1.82, 2.24) is 5.32 Å². The Bertz CT molecular complexity index is 848. The lowest BCUT2D eigenvalue weighted by Crippen LogP contribution is -2.26. The van der Waals surface area contributed by atoms with Crippen molar-refractivity contribution in [2.45, 2.75) is 11.3 Å². The summed E-state index contributed by atoms with van der Waals surface area (Å²) >= 11 is 0. The number of benzene rings is 2. The van der Waals surface area contributed by atoms with Gasteiger partial charge in [0.25, 0.3) is 5.91 Å². The Kier molecular flexibility index (Phi) is 6.00. The predicted molar refractivity (Wildman–Crippen MR) is 93.4 cm³/mol. The van der Waals surface area contributed by atoms with Crippen LogP contribution in [-0.4, -0.2) is 35.1 Å². The molecule has 3 N–H and O–H groups in total. The molecule has 0 atom stereocenters. The molecule has 0 radical (unpaired) electrons. The van der Waals surface area contributed by atoms with Crippen LogP contribution < -0.4 is 19.9 Å². The van der Waals surface area contributed by atoms with E-state index in [0.717, 1.165) is 11.3 Å². The predicted octanol–water partition coefficient (Wildman–Crippen LogP) is 1.32. The zero-order valence-corrected chi connectivity index (χ0v) is 14.8. The van der Waals surface area contributed by atoms with Crippen molar-refractivity contribution in [3.8, 4) is 11.5 Å². The summed E-state index contributed by atoms with van der Waals surface area (Å²) in [6.45, 7) is 0.405. The van der Waals surface area contributed by atoms with E-state index in [-0.39, 0.29) is 22.1 Å². The summed E-state index contributed by atoms with van der Waals surface area (Å²) in [4.78, 5) is 12.0. The van der Waals surface area contributed by atoms with Crippen LogP contribution in [0.25, 0.3) is 0 Å². The Hall–Kier alpha value is -2.58. The van der Waals surface area contributed by atoms with E-state index in [1.54, 1.807) is 7.11 Å². The van der Waals surface area contributed by atoms with Crippen LogP contribution in [0.4, 0.5) is 0 Å². The zero-order chi connectivity index (χ0) is 18.4. The fourth-order valence-corrected chi connectivity index (χ4v) is 2.98. The van der Waals surface area contributed by atoms with Crippen LogP contribution in [0.15, 0.2) is 47.4 Å². The average Bonchev–Trinajstić information content (AvgIpc) is 2.61. The minimum Gasteiger partial charge on any atom is -0.497 e. The van der Waals surface area contributed by atoms with Crippen LogP contribution in [0.2, 0.25) is 0 Å². The highest BCUT2D eigenvalue weighted by molar-refractivity contribution is 7.89. The first-order valence-corrected chi connectivity index (χ1v) is 9.01. The van der Waals surface area contributed by atoms with Gasteiger partial charge in [-0.05, 0) is 42.3 Å². The summed E-state index contributed by atoms with van der Waals surface area (Å²) in [6.07, 6.45) is 0.633. The van der Waals surface area contributed by atoms with Gasteiger partial charge < -0.3 is 14.8 Å². The van der Waals surface area contributed by atoms with Crippen molar-refractivity contribution >= 4 is 15.9 Å². The third-order valence-electron chi connectivity index (χ3n) is 3.59. The highest BCUT2D eigenvalue weighted by atomic mass is 32.2. The molecule has 2 aromatic carbocycles. The van der Waals surface area contributed by atoms with Gasteiger partial charge in [0, 0.05) is 12.1 Å². The number of carbonyl (C=O) groups excluding carboxylic acids is 1. The van der Waals surface area contributed by atoms with Crippen molar-refractivity contribution in [2.24, 2.45) is 5.14 Å². The summed E-state index contributed by atoms with van der Waals surface area (Å²) in [5.74, 6) is 0.472. The van der Waals surface area contributed by atoms with Gasteiger partial charge in [-0.2, -0.15) is 0 Å². The quantitative estimate of drug-likeness (QED) is 0.770. The van der Waals surface area contributed by atoms with Crippen LogP contribution in [0.1, 0.15) is 15.9 Å². The van der Waals surface area contributed by atoms with Crippen molar-refractivity contribution in [3.63, 3.8) is 0 Å². The van der Waals surface area contributed by atoms with Gasteiger partial charge in [-0.15, -0.1) is 0 Å². The van der Waals surface area contributed by atoms with Gasteiger partial charge in [-0.1, -0.05) is 12.1 Å². The Morgan fingerprint density at radius 2 is 1.76 bits per heavy atom. The fraction of sp³-hybridized carbons (Fsp3) is 0.235. The van der Waals surface area contributed by atoms with Crippen LogP contribution in [0.3, 0.4) is 0 Å².